The summed E-state index contributed by atoms with van der Waals surface area (Å²) in [6.45, 7) is 3.50. The van der Waals surface area contributed by atoms with E-state index in [0.29, 0.717) is 12.8 Å². The van der Waals surface area contributed by atoms with Gasteiger partial charge in [-0.15, -0.1) is 0 Å². The van der Waals surface area contributed by atoms with Crippen LogP contribution in [-0.4, -0.2) is 49.3 Å². The second-order valence-electron chi connectivity index (χ2n) is 7.04. The summed E-state index contributed by atoms with van der Waals surface area (Å²) in [5.74, 6) is -0.954. The summed E-state index contributed by atoms with van der Waals surface area (Å²) in [5, 5.41) is 29.8. The van der Waals surface area contributed by atoms with Crippen LogP contribution in [0.1, 0.15) is 32.7 Å². The lowest BCUT2D eigenvalue weighted by Gasteiger charge is -2.28. The van der Waals surface area contributed by atoms with Crippen molar-refractivity contribution in [2.24, 2.45) is 11.8 Å². The lowest BCUT2D eigenvalue weighted by atomic mass is 9.86. The number of ether oxygens (including phenoxy) is 1. The largest absolute Gasteiger partial charge is 0.462 e. The molecule has 26 heavy (non-hydrogen) atoms. The van der Waals surface area contributed by atoms with E-state index in [-0.39, 0.29) is 23.8 Å². The number of carbonyl (C=O) groups excluding carboxylic acids is 1. The van der Waals surface area contributed by atoms with Gasteiger partial charge < -0.3 is 14.9 Å². The molecule has 0 bridgehead atoms. The molecule has 0 aromatic carbocycles. The lowest BCUT2D eigenvalue weighted by Crippen LogP contribution is -2.35. The quantitative estimate of drug-likeness (QED) is 0.338. The number of nitrogens with one attached hydrogen (secondary N) is 1. The predicted molar refractivity (Wildman–Crippen MR) is 90.5 cm³/mol. The number of anilines is 1. The molecule has 0 saturated heterocycles. The van der Waals surface area contributed by atoms with Crippen LogP contribution in [0.3, 0.4) is 0 Å². The molecule has 1 heterocycles. The average Bonchev–Trinajstić information content (AvgIpc) is 2.86. The first-order valence-corrected chi connectivity index (χ1v) is 8.59. The van der Waals surface area contributed by atoms with E-state index >= 15 is 0 Å². The number of aliphatic hydroxyl groups is 2. The van der Waals surface area contributed by atoms with Crippen LogP contribution in [0.4, 0.5) is 5.82 Å². The molecular formula is C17H23N3O6. The van der Waals surface area contributed by atoms with Crippen molar-refractivity contribution in [3.8, 4) is 0 Å². The second-order valence-corrected chi connectivity index (χ2v) is 7.04. The van der Waals surface area contributed by atoms with Crippen LogP contribution in [0.15, 0.2) is 28.7 Å². The highest BCUT2D eigenvalue weighted by atomic mass is 16.5. The van der Waals surface area contributed by atoms with Gasteiger partial charge in [0.1, 0.15) is 12.2 Å². The van der Waals surface area contributed by atoms with Crippen molar-refractivity contribution in [2.75, 3.05) is 5.48 Å². The zero-order valence-corrected chi connectivity index (χ0v) is 14.6. The molecule has 0 aliphatic heterocycles. The highest BCUT2D eigenvalue weighted by Crippen LogP contribution is 2.45. The molecule has 9 nitrogen and oxygen atoms in total. The summed E-state index contributed by atoms with van der Waals surface area (Å²) in [6.07, 6.45) is 1.45. The van der Waals surface area contributed by atoms with Crippen LogP contribution in [-0.2, 0) is 9.53 Å². The normalized spacial score (nSPS) is 30.7. The Kier molecular flexibility index (Phi) is 5.12. The molecule has 142 valence electrons. The third-order valence-electron chi connectivity index (χ3n) is 4.99. The van der Waals surface area contributed by atoms with Crippen molar-refractivity contribution in [1.82, 2.24) is 9.55 Å². The molecule has 5 atom stereocenters. The summed E-state index contributed by atoms with van der Waals surface area (Å²) in [6, 6.07) is 0.647. The Labute approximate surface area is 149 Å². The number of hydrogen-bond acceptors (Lipinski definition) is 8. The van der Waals surface area contributed by atoms with Gasteiger partial charge in [0.05, 0.1) is 18.1 Å². The van der Waals surface area contributed by atoms with E-state index in [1.54, 1.807) is 19.3 Å². The monoisotopic (exact) mass is 365 g/mol. The number of aliphatic hydroxyl groups excluding tert-OH is 2. The van der Waals surface area contributed by atoms with Crippen LogP contribution in [0.25, 0.3) is 0 Å². The third kappa shape index (κ3) is 3.25. The first-order chi connectivity index (χ1) is 12.3. The van der Waals surface area contributed by atoms with E-state index in [1.807, 2.05) is 6.08 Å². The maximum absolute atomic E-state index is 12.2. The number of hydrogen-bond donors (Lipinski definition) is 4. The molecule has 0 radical (unpaired) electrons. The van der Waals surface area contributed by atoms with Gasteiger partial charge in [0.2, 0.25) is 0 Å². The third-order valence-corrected chi connectivity index (χ3v) is 4.99. The standard InChI is InChI=1S/C17H23N3O6/c1-8(2)16(23)26-9-3-4-10-11(7-9)14(21)15(22)13(10)20-6-5-12(19-25)18-17(20)24/h4-6,8-9,11,13-15,21-22,25H,3,7H2,1-2H3,(H,18,19,24). The fourth-order valence-corrected chi connectivity index (χ4v) is 3.64. The molecule has 0 amide bonds. The molecule has 4 N–H and O–H groups in total. The van der Waals surface area contributed by atoms with Crippen molar-refractivity contribution in [3.63, 3.8) is 0 Å². The number of rotatable bonds is 4. The van der Waals surface area contributed by atoms with E-state index in [9.17, 15) is 19.8 Å². The van der Waals surface area contributed by atoms with Gasteiger partial charge in [0.25, 0.3) is 0 Å². The second kappa shape index (κ2) is 7.18. The van der Waals surface area contributed by atoms with E-state index < -0.39 is 29.9 Å². The molecule has 1 aromatic heterocycles. The van der Waals surface area contributed by atoms with E-state index in [2.05, 4.69) is 4.98 Å². The number of nitrogens with zero attached hydrogens (tertiary/aromatic N) is 2. The van der Waals surface area contributed by atoms with Crippen LogP contribution >= 0.6 is 0 Å². The highest BCUT2D eigenvalue weighted by Gasteiger charge is 2.49. The Hall–Kier alpha value is -2.23. The zero-order valence-electron chi connectivity index (χ0n) is 14.6. The Bertz CT molecular complexity index is 774. The summed E-state index contributed by atoms with van der Waals surface area (Å²) in [7, 11) is 0. The first-order valence-electron chi connectivity index (χ1n) is 8.59. The molecule has 3 rings (SSSR count). The molecule has 1 aromatic rings. The summed E-state index contributed by atoms with van der Waals surface area (Å²) in [5.41, 5.74) is 1.87. The predicted octanol–water partition coefficient (Wildman–Crippen LogP) is 0.225. The zero-order chi connectivity index (χ0) is 19.0. The smallest absolute Gasteiger partial charge is 0.350 e. The molecule has 1 fully saturated rings. The Morgan fingerprint density at radius 3 is 2.73 bits per heavy atom. The van der Waals surface area contributed by atoms with E-state index in [4.69, 9.17) is 9.94 Å². The molecular weight excluding hydrogens is 342 g/mol. The molecule has 2 aliphatic rings. The molecule has 1 saturated carbocycles. The number of carbonyl (C=O) groups is 1. The van der Waals surface area contributed by atoms with Gasteiger partial charge in [-0.25, -0.2) is 4.79 Å². The van der Waals surface area contributed by atoms with Crippen LogP contribution in [0.5, 0.6) is 0 Å². The SMILES string of the molecule is CC(C)C(=O)OC1CC=C2C(C1)C(O)C(O)C2n1ccc(NO)nc1=O. The topological polar surface area (TPSA) is 134 Å². The molecule has 2 aliphatic carbocycles. The van der Waals surface area contributed by atoms with Crippen molar-refractivity contribution < 1.29 is 25.0 Å². The molecule has 5 unspecified atom stereocenters. The summed E-state index contributed by atoms with van der Waals surface area (Å²) in [4.78, 5) is 27.7. The minimum atomic E-state index is -1.18. The minimum absolute atomic E-state index is 0.00544. The van der Waals surface area contributed by atoms with Crippen molar-refractivity contribution in [3.05, 3.63) is 34.4 Å². The van der Waals surface area contributed by atoms with Crippen LogP contribution < -0.4 is 11.2 Å². The van der Waals surface area contributed by atoms with Crippen molar-refractivity contribution in [2.45, 2.75) is 51.0 Å². The maximum atomic E-state index is 12.2. The van der Waals surface area contributed by atoms with Crippen LogP contribution in [0.2, 0.25) is 0 Å². The minimum Gasteiger partial charge on any atom is -0.462 e. The van der Waals surface area contributed by atoms with Gasteiger partial charge >= 0.3 is 11.7 Å². The van der Waals surface area contributed by atoms with Gasteiger partial charge in [-0.3, -0.25) is 20.0 Å². The number of aromatic nitrogens is 2. The maximum Gasteiger partial charge on any atom is 0.350 e. The summed E-state index contributed by atoms with van der Waals surface area (Å²) >= 11 is 0. The average molecular weight is 365 g/mol. The first kappa shape index (κ1) is 18.6. The lowest BCUT2D eigenvalue weighted by molar-refractivity contribution is -0.154. The van der Waals surface area contributed by atoms with Gasteiger partial charge in [0.15, 0.2) is 5.82 Å². The highest BCUT2D eigenvalue weighted by molar-refractivity contribution is 5.71. The summed E-state index contributed by atoms with van der Waals surface area (Å²) < 4.78 is 6.68. The van der Waals surface area contributed by atoms with Crippen LogP contribution in [0, 0.1) is 11.8 Å². The van der Waals surface area contributed by atoms with Crippen molar-refractivity contribution in [1.29, 1.82) is 0 Å². The number of esters is 1. The Morgan fingerprint density at radius 2 is 2.12 bits per heavy atom. The molecule has 9 heteroatoms. The number of fused-ring (bicyclic) bond motifs is 1. The Morgan fingerprint density at radius 1 is 1.38 bits per heavy atom. The fraction of sp³-hybridized carbons (Fsp3) is 0.588. The van der Waals surface area contributed by atoms with Crippen molar-refractivity contribution >= 4 is 11.8 Å². The fourth-order valence-electron chi connectivity index (χ4n) is 3.64. The Balaban J connectivity index is 1.87. The van der Waals surface area contributed by atoms with Gasteiger partial charge in [-0.2, -0.15) is 4.98 Å². The van der Waals surface area contributed by atoms with Gasteiger partial charge in [0, 0.05) is 18.5 Å². The van der Waals surface area contributed by atoms with E-state index in [0.717, 1.165) is 5.57 Å². The molecule has 0 spiro atoms. The van der Waals surface area contributed by atoms with Gasteiger partial charge in [-0.1, -0.05) is 19.9 Å². The van der Waals surface area contributed by atoms with E-state index in [1.165, 1.54) is 16.8 Å². The van der Waals surface area contributed by atoms with Gasteiger partial charge in [-0.05, 0) is 18.1 Å².